The zero-order valence-corrected chi connectivity index (χ0v) is 24.7. The van der Waals surface area contributed by atoms with Gasteiger partial charge in [-0.3, -0.25) is 20.2 Å². The molecule has 238 valence electrons. The van der Waals surface area contributed by atoms with Crippen LogP contribution in [0.4, 0.5) is 11.4 Å². The molecule has 2 heterocycles. The second-order valence-electron chi connectivity index (χ2n) is 10.0. The third-order valence-corrected chi connectivity index (χ3v) is 7.06. The maximum Gasteiger partial charge on any atom is 0.338 e. The highest BCUT2D eigenvalue weighted by molar-refractivity contribution is 5.90. The molecule has 48 heavy (non-hydrogen) atoms. The van der Waals surface area contributed by atoms with Crippen LogP contribution in [-0.4, -0.2) is 51.8 Å². The first-order valence-corrected chi connectivity index (χ1v) is 14.1. The molecule has 16 heteroatoms. The molecule has 0 aliphatic rings. The lowest BCUT2D eigenvalue weighted by atomic mass is 10.2. The Hall–Kier alpha value is -7.10. The number of carbonyl (C=O) groups excluding carboxylic acids is 2. The molecule has 0 amide bonds. The standard InChI is InChI=1S/C32H22N8O8/c41-31(21-11-15-25(16-12-21)39(43)44)47-19-27-29(33-35-37(27)23-7-3-1-4-8-23)30-28(38(36-34-30)24-9-5-2-6-10-24)20-48-32(42)22-13-17-26(18-14-22)40(45)46/h1-18H,19-20H2. The van der Waals surface area contributed by atoms with Gasteiger partial charge in [-0.1, -0.05) is 46.8 Å². The van der Waals surface area contributed by atoms with E-state index in [1.165, 1.54) is 57.9 Å². The Bertz CT molecular complexity index is 1960. The summed E-state index contributed by atoms with van der Waals surface area (Å²) in [7, 11) is 0. The molecule has 6 aromatic rings. The van der Waals surface area contributed by atoms with Crippen LogP contribution in [0.25, 0.3) is 22.8 Å². The molecule has 0 saturated carbocycles. The van der Waals surface area contributed by atoms with Gasteiger partial charge in [0.25, 0.3) is 11.4 Å². The Morgan fingerprint density at radius 1 is 0.562 bits per heavy atom. The molecule has 0 atom stereocenters. The topological polar surface area (TPSA) is 200 Å². The van der Waals surface area contributed by atoms with Gasteiger partial charge in [-0.2, -0.15) is 0 Å². The van der Waals surface area contributed by atoms with Crippen LogP contribution < -0.4 is 0 Å². The molecule has 0 fully saturated rings. The fourth-order valence-electron chi connectivity index (χ4n) is 4.66. The quantitative estimate of drug-likeness (QED) is 0.103. The van der Waals surface area contributed by atoms with Crippen molar-refractivity contribution in [2.45, 2.75) is 13.2 Å². The molecule has 0 saturated heterocycles. The Morgan fingerprint density at radius 2 is 0.917 bits per heavy atom. The van der Waals surface area contributed by atoms with Crippen LogP contribution in [-0.2, 0) is 22.7 Å². The largest absolute Gasteiger partial charge is 0.455 e. The number of esters is 2. The summed E-state index contributed by atoms with van der Waals surface area (Å²) in [5.41, 5.74) is 1.99. The van der Waals surface area contributed by atoms with Crippen molar-refractivity contribution >= 4 is 23.3 Å². The van der Waals surface area contributed by atoms with E-state index in [0.29, 0.717) is 22.8 Å². The molecule has 0 spiro atoms. The summed E-state index contributed by atoms with van der Waals surface area (Å²) in [5.74, 6) is -1.50. The number of carbonyl (C=O) groups is 2. The maximum absolute atomic E-state index is 13.0. The van der Waals surface area contributed by atoms with Crippen molar-refractivity contribution in [1.82, 2.24) is 30.0 Å². The normalized spacial score (nSPS) is 10.8. The van der Waals surface area contributed by atoms with Crippen molar-refractivity contribution in [2.24, 2.45) is 0 Å². The van der Waals surface area contributed by atoms with E-state index < -0.39 is 21.8 Å². The number of nitrogens with zero attached hydrogens (tertiary/aromatic N) is 8. The van der Waals surface area contributed by atoms with Crippen LogP contribution in [0.3, 0.4) is 0 Å². The maximum atomic E-state index is 13.0. The molecular formula is C32H22N8O8. The molecule has 4 aromatic carbocycles. The number of aromatic nitrogens is 6. The van der Waals surface area contributed by atoms with Crippen LogP contribution in [0.5, 0.6) is 0 Å². The van der Waals surface area contributed by atoms with E-state index >= 15 is 0 Å². The summed E-state index contributed by atoms with van der Waals surface area (Å²) >= 11 is 0. The third-order valence-electron chi connectivity index (χ3n) is 7.06. The average Bonchev–Trinajstić information content (AvgIpc) is 3.74. The van der Waals surface area contributed by atoms with E-state index in [-0.39, 0.29) is 47.1 Å². The molecule has 0 N–H and O–H groups in total. The van der Waals surface area contributed by atoms with E-state index in [1.54, 1.807) is 48.5 Å². The number of hydrogen-bond acceptors (Lipinski definition) is 12. The van der Waals surface area contributed by atoms with E-state index in [0.717, 1.165) is 0 Å². The number of para-hydroxylation sites is 2. The SMILES string of the molecule is O=C(OCc1c(-c2nnn(-c3ccccc3)c2COC(=O)c2ccc([N+](=O)[O-])cc2)nnn1-c1ccccc1)c1ccc([N+](=O)[O-])cc1. The summed E-state index contributed by atoms with van der Waals surface area (Å²) in [6.45, 7) is -0.680. The Labute approximate surface area is 270 Å². The van der Waals surface area contributed by atoms with E-state index in [2.05, 4.69) is 20.6 Å². The number of nitro benzene ring substituents is 2. The molecule has 0 aliphatic carbocycles. The Morgan fingerprint density at radius 3 is 1.25 bits per heavy atom. The molecule has 0 unspecified atom stereocenters. The minimum Gasteiger partial charge on any atom is -0.455 e. The lowest BCUT2D eigenvalue weighted by molar-refractivity contribution is -0.385. The van der Waals surface area contributed by atoms with Gasteiger partial charge < -0.3 is 9.47 Å². The first-order valence-electron chi connectivity index (χ1n) is 14.1. The van der Waals surface area contributed by atoms with Gasteiger partial charge >= 0.3 is 11.9 Å². The highest BCUT2D eigenvalue weighted by atomic mass is 16.6. The minimum absolute atomic E-state index is 0.0924. The fraction of sp³-hybridized carbons (Fsp3) is 0.0625. The van der Waals surface area contributed by atoms with E-state index in [1.807, 2.05) is 12.1 Å². The number of ether oxygens (including phenoxy) is 2. The van der Waals surface area contributed by atoms with Crippen molar-refractivity contribution in [3.8, 4) is 22.8 Å². The van der Waals surface area contributed by atoms with E-state index in [4.69, 9.17) is 9.47 Å². The molecular weight excluding hydrogens is 624 g/mol. The Balaban J connectivity index is 1.36. The van der Waals surface area contributed by atoms with Crippen LogP contribution in [0.1, 0.15) is 32.1 Å². The third kappa shape index (κ3) is 6.47. The van der Waals surface area contributed by atoms with E-state index in [9.17, 15) is 29.8 Å². The molecule has 2 aromatic heterocycles. The average molecular weight is 647 g/mol. The molecule has 6 rings (SSSR count). The number of non-ortho nitro benzene ring substituents is 2. The van der Waals surface area contributed by atoms with Gasteiger partial charge in [0.15, 0.2) is 0 Å². The number of benzene rings is 4. The lowest BCUT2D eigenvalue weighted by Crippen LogP contribution is -2.11. The van der Waals surface area contributed by atoms with Gasteiger partial charge in [-0.05, 0) is 48.5 Å². The zero-order valence-electron chi connectivity index (χ0n) is 24.7. The van der Waals surface area contributed by atoms with Gasteiger partial charge in [0.05, 0.1) is 32.3 Å². The molecule has 0 radical (unpaired) electrons. The molecule has 0 bridgehead atoms. The highest BCUT2D eigenvalue weighted by Gasteiger charge is 2.26. The first kappa shape index (κ1) is 30.9. The number of nitro groups is 2. The highest BCUT2D eigenvalue weighted by Crippen LogP contribution is 2.28. The van der Waals surface area contributed by atoms with Crippen LogP contribution in [0.15, 0.2) is 109 Å². The monoisotopic (exact) mass is 646 g/mol. The van der Waals surface area contributed by atoms with Crippen molar-refractivity contribution in [2.75, 3.05) is 0 Å². The Kier molecular flexibility index (Phi) is 8.69. The van der Waals surface area contributed by atoms with Crippen LogP contribution >= 0.6 is 0 Å². The summed E-state index contributed by atoms with van der Waals surface area (Å²) < 4.78 is 14.2. The van der Waals surface area contributed by atoms with Gasteiger partial charge in [-0.25, -0.2) is 19.0 Å². The van der Waals surface area contributed by atoms with Gasteiger partial charge in [0.1, 0.15) is 36.0 Å². The summed E-state index contributed by atoms with van der Waals surface area (Å²) in [5, 5.41) is 39.3. The van der Waals surface area contributed by atoms with Gasteiger partial charge in [-0.15, -0.1) is 10.2 Å². The minimum atomic E-state index is -0.748. The lowest BCUT2D eigenvalue weighted by Gasteiger charge is -2.11. The number of hydrogen-bond donors (Lipinski definition) is 0. The first-order chi connectivity index (χ1) is 23.3. The van der Waals surface area contributed by atoms with Gasteiger partial charge in [0, 0.05) is 24.3 Å². The summed E-state index contributed by atoms with van der Waals surface area (Å²) in [4.78, 5) is 46.9. The van der Waals surface area contributed by atoms with Crippen molar-refractivity contribution in [3.63, 3.8) is 0 Å². The second-order valence-corrected chi connectivity index (χ2v) is 10.0. The van der Waals surface area contributed by atoms with Crippen molar-refractivity contribution in [3.05, 3.63) is 152 Å². The van der Waals surface area contributed by atoms with Gasteiger partial charge in [0.2, 0.25) is 0 Å². The van der Waals surface area contributed by atoms with Crippen molar-refractivity contribution in [1.29, 1.82) is 0 Å². The molecule has 16 nitrogen and oxygen atoms in total. The van der Waals surface area contributed by atoms with Crippen LogP contribution in [0, 0.1) is 20.2 Å². The summed E-state index contributed by atoms with van der Waals surface area (Å²) in [6, 6.07) is 27.8. The zero-order chi connectivity index (χ0) is 33.6. The predicted molar refractivity (Wildman–Crippen MR) is 166 cm³/mol. The predicted octanol–water partition coefficient (Wildman–Crippen LogP) is 5.05. The second kappa shape index (κ2) is 13.5. The smallest absolute Gasteiger partial charge is 0.338 e. The fourth-order valence-corrected chi connectivity index (χ4v) is 4.66. The molecule has 0 aliphatic heterocycles. The van der Waals surface area contributed by atoms with Crippen molar-refractivity contribution < 1.29 is 28.9 Å². The summed E-state index contributed by atoms with van der Waals surface area (Å²) in [6.07, 6.45) is 0. The number of rotatable bonds is 11. The van der Waals surface area contributed by atoms with Crippen LogP contribution in [0.2, 0.25) is 0 Å².